The number of thiol groups is 1. The van der Waals surface area contributed by atoms with Gasteiger partial charge >= 0.3 is 0 Å². The van der Waals surface area contributed by atoms with Gasteiger partial charge in [-0.15, -0.1) is 12.6 Å². The average molecular weight is 236 g/mol. The van der Waals surface area contributed by atoms with Crippen LogP contribution >= 0.6 is 24.8 Å². The minimum absolute atomic E-state index is 0.585. The largest absolute Gasteiger partial charge is 0.371 e. The SMILES string of the molecule is CCCNC(=S)S.CCN(CC)CC. The van der Waals surface area contributed by atoms with Gasteiger partial charge in [-0.1, -0.05) is 39.9 Å². The van der Waals surface area contributed by atoms with Crippen molar-refractivity contribution in [2.24, 2.45) is 0 Å². The third-order valence-electron chi connectivity index (χ3n) is 1.87. The van der Waals surface area contributed by atoms with Crippen LogP contribution in [0.4, 0.5) is 0 Å². The Morgan fingerprint density at radius 2 is 1.57 bits per heavy atom. The van der Waals surface area contributed by atoms with Gasteiger partial charge in [0.05, 0.1) is 0 Å². The van der Waals surface area contributed by atoms with Crippen LogP contribution in [0.1, 0.15) is 34.1 Å². The molecule has 0 aromatic rings. The molecular weight excluding hydrogens is 212 g/mol. The van der Waals surface area contributed by atoms with E-state index in [2.05, 4.69) is 62.8 Å². The van der Waals surface area contributed by atoms with E-state index in [0.29, 0.717) is 4.32 Å². The van der Waals surface area contributed by atoms with Crippen LogP contribution in [0.3, 0.4) is 0 Å². The second kappa shape index (κ2) is 13.2. The molecule has 0 saturated carbocycles. The van der Waals surface area contributed by atoms with E-state index in [1.807, 2.05) is 0 Å². The molecule has 4 heteroatoms. The van der Waals surface area contributed by atoms with E-state index in [9.17, 15) is 0 Å². The minimum atomic E-state index is 0.585. The normalized spacial score (nSPS) is 9.29. The Hall–Kier alpha value is 0.200. The van der Waals surface area contributed by atoms with Gasteiger partial charge in [0.2, 0.25) is 0 Å². The summed E-state index contributed by atoms with van der Waals surface area (Å²) < 4.78 is 0.585. The smallest absolute Gasteiger partial charge is 0.130 e. The minimum Gasteiger partial charge on any atom is -0.371 e. The summed E-state index contributed by atoms with van der Waals surface area (Å²) in [5.74, 6) is 0. The average Bonchev–Trinajstić information content (AvgIpc) is 2.18. The molecule has 0 saturated heterocycles. The second-order valence-electron chi connectivity index (χ2n) is 2.85. The summed E-state index contributed by atoms with van der Waals surface area (Å²) in [6.07, 6.45) is 1.10. The first-order valence-electron chi connectivity index (χ1n) is 5.31. The van der Waals surface area contributed by atoms with Gasteiger partial charge in [0, 0.05) is 6.54 Å². The molecule has 2 nitrogen and oxygen atoms in total. The van der Waals surface area contributed by atoms with E-state index in [-0.39, 0.29) is 0 Å². The van der Waals surface area contributed by atoms with E-state index in [1.165, 1.54) is 19.6 Å². The van der Waals surface area contributed by atoms with Crippen LogP contribution in [0.2, 0.25) is 0 Å². The molecule has 0 heterocycles. The summed E-state index contributed by atoms with van der Waals surface area (Å²) in [4.78, 5) is 2.38. The van der Waals surface area contributed by atoms with Gasteiger partial charge in [0.15, 0.2) is 0 Å². The van der Waals surface area contributed by atoms with Crippen LogP contribution in [0.15, 0.2) is 0 Å². The quantitative estimate of drug-likeness (QED) is 0.564. The predicted octanol–water partition coefficient (Wildman–Crippen LogP) is 2.55. The van der Waals surface area contributed by atoms with Gasteiger partial charge < -0.3 is 10.2 Å². The number of hydrogen-bond donors (Lipinski definition) is 2. The standard InChI is InChI=1S/C6H15N.C4H9NS2/c1-4-7(5-2)6-3;1-2-3-5-4(6)7/h4-6H2,1-3H3;2-3H2,1H3,(H2,5,6,7). The monoisotopic (exact) mass is 236 g/mol. The fourth-order valence-corrected chi connectivity index (χ4v) is 1.12. The first-order chi connectivity index (χ1) is 6.62. The van der Waals surface area contributed by atoms with E-state index in [0.717, 1.165) is 13.0 Å². The summed E-state index contributed by atoms with van der Waals surface area (Å²) >= 11 is 8.47. The van der Waals surface area contributed by atoms with Gasteiger partial charge in [0.25, 0.3) is 0 Å². The number of hydrogen-bond acceptors (Lipinski definition) is 2. The molecule has 0 rings (SSSR count). The fraction of sp³-hybridized carbons (Fsp3) is 0.900. The lowest BCUT2D eigenvalue weighted by Crippen LogP contribution is -2.21. The van der Waals surface area contributed by atoms with Crippen molar-refractivity contribution >= 4 is 29.2 Å². The topological polar surface area (TPSA) is 15.3 Å². The lowest BCUT2D eigenvalue weighted by molar-refractivity contribution is 0.321. The summed E-state index contributed by atoms with van der Waals surface area (Å²) in [6.45, 7) is 13.1. The molecule has 14 heavy (non-hydrogen) atoms. The first-order valence-corrected chi connectivity index (χ1v) is 6.16. The third-order valence-corrected chi connectivity index (χ3v) is 2.17. The van der Waals surface area contributed by atoms with Crippen LogP contribution in [0.25, 0.3) is 0 Å². The van der Waals surface area contributed by atoms with Crippen molar-refractivity contribution in [3.8, 4) is 0 Å². The highest BCUT2D eigenvalue weighted by Gasteiger charge is 1.89. The van der Waals surface area contributed by atoms with Crippen molar-refractivity contribution in [3.05, 3.63) is 0 Å². The lowest BCUT2D eigenvalue weighted by Gasteiger charge is -2.13. The maximum atomic E-state index is 4.61. The Labute approximate surface area is 99.9 Å². The Morgan fingerprint density at radius 3 is 1.64 bits per heavy atom. The van der Waals surface area contributed by atoms with E-state index in [1.54, 1.807) is 0 Å². The lowest BCUT2D eigenvalue weighted by atomic mass is 10.5. The van der Waals surface area contributed by atoms with Crippen LogP contribution in [-0.4, -0.2) is 35.4 Å². The number of nitrogens with one attached hydrogen (secondary N) is 1. The third kappa shape index (κ3) is 14.7. The predicted molar refractivity (Wildman–Crippen MR) is 73.3 cm³/mol. The summed E-state index contributed by atoms with van der Waals surface area (Å²) in [6, 6.07) is 0. The molecule has 0 fully saturated rings. The van der Waals surface area contributed by atoms with Crippen LogP contribution in [0, 0.1) is 0 Å². The van der Waals surface area contributed by atoms with E-state index >= 15 is 0 Å². The summed E-state index contributed by atoms with van der Waals surface area (Å²) in [5.41, 5.74) is 0. The number of thiocarbonyl (C=S) groups is 1. The zero-order valence-corrected chi connectivity index (χ0v) is 11.5. The highest BCUT2D eigenvalue weighted by molar-refractivity contribution is 8.11. The summed E-state index contributed by atoms with van der Waals surface area (Å²) in [7, 11) is 0. The van der Waals surface area contributed by atoms with Gasteiger partial charge in [-0.2, -0.15) is 0 Å². The maximum absolute atomic E-state index is 4.61. The van der Waals surface area contributed by atoms with Crippen molar-refractivity contribution < 1.29 is 0 Å². The number of nitrogens with zero attached hydrogens (tertiary/aromatic N) is 1. The van der Waals surface area contributed by atoms with Crippen LogP contribution < -0.4 is 5.32 Å². The molecule has 1 N–H and O–H groups in total. The van der Waals surface area contributed by atoms with Gasteiger partial charge in [-0.05, 0) is 26.1 Å². The molecule has 0 spiro atoms. The second-order valence-corrected chi connectivity index (χ2v) is 4.01. The molecule has 0 aliphatic heterocycles. The highest BCUT2D eigenvalue weighted by atomic mass is 32.1. The molecule has 0 aliphatic carbocycles. The molecule has 0 atom stereocenters. The van der Waals surface area contributed by atoms with Gasteiger partial charge in [-0.25, -0.2) is 0 Å². The maximum Gasteiger partial charge on any atom is 0.130 e. The molecule has 0 unspecified atom stereocenters. The highest BCUT2D eigenvalue weighted by Crippen LogP contribution is 1.81. The van der Waals surface area contributed by atoms with Gasteiger partial charge in [0.1, 0.15) is 4.32 Å². The Bertz CT molecular complexity index is 120. The van der Waals surface area contributed by atoms with E-state index < -0.39 is 0 Å². The molecule has 0 radical (unpaired) electrons. The van der Waals surface area contributed by atoms with Crippen molar-refractivity contribution in [1.29, 1.82) is 0 Å². The molecule has 0 aliphatic rings. The molecule has 0 amide bonds. The zero-order chi connectivity index (χ0) is 11.4. The molecule has 0 aromatic carbocycles. The van der Waals surface area contributed by atoms with Crippen LogP contribution in [-0.2, 0) is 0 Å². The van der Waals surface area contributed by atoms with Crippen LogP contribution in [0.5, 0.6) is 0 Å². The summed E-state index contributed by atoms with van der Waals surface area (Å²) in [5, 5.41) is 2.89. The molecule has 86 valence electrons. The van der Waals surface area contributed by atoms with E-state index in [4.69, 9.17) is 0 Å². The Balaban J connectivity index is 0. The van der Waals surface area contributed by atoms with Crippen molar-refractivity contribution in [3.63, 3.8) is 0 Å². The molecular formula is C10H24N2S2. The first kappa shape index (κ1) is 16.6. The fourth-order valence-electron chi connectivity index (χ4n) is 0.903. The molecule has 0 aromatic heterocycles. The van der Waals surface area contributed by atoms with Crippen molar-refractivity contribution in [2.45, 2.75) is 34.1 Å². The van der Waals surface area contributed by atoms with Crippen molar-refractivity contribution in [2.75, 3.05) is 26.2 Å². The number of rotatable bonds is 5. The molecule has 0 bridgehead atoms. The van der Waals surface area contributed by atoms with Crippen molar-refractivity contribution in [1.82, 2.24) is 10.2 Å². The van der Waals surface area contributed by atoms with Gasteiger partial charge in [-0.3, -0.25) is 0 Å². The Kier molecular flexibility index (Phi) is 15.7. The Morgan fingerprint density at radius 1 is 1.14 bits per heavy atom. The zero-order valence-electron chi connectivity index (χ0n) is 9.84.